The van der Waals surface area contributed by atoms with Gasteiger partial charge < -0.3 is 15.1 Å². The molecule has 2 fully saturated rings. The second-order valence-corrected chi connectivity index (χ2v) is 8.58. The van der Waals surface area contributed by atoms with Crippen molar-refractivity contribution in [2.45, 2.75) is 38.1 Å². The van der Waals surface area contributed by atoms with Gasteiger partial charge in [0.25, 0.3) is 0 Å². The van der Waals surface area contributed by atoms with E-state index in [4.69, 9.17) is 40.1 Å². The minimum atomic E-state index is -0.723. The second kappa shape index (κ2) is 10.9. The lowest BCUT2D eigenvalue weighted by atomic mass is 10.1. The number of carbonyl (C=O) groups excluding carboxylic acids is 2. The number of hydrogen-bond donors (Lipinski definition) is 2. The highest BCUT2D eigenvalue weighted by atomic mass is 35.5. The van der Waals surface area contributed by atoms with Crippen molar-refractivity contribution in [1.82, 2.24) is 15.1 Å². The summed E-state index contributed by atoms with van der Waals surface area (Å²) < 4.78 is 0. The van der Waals surface area contributed by atoms with Gasteiger partial charge in [-0.05, 0) is 44.2 Å². The normalized spacial score (nSPS) is 19.7. The largest absolute Gasteiger partial charge is 0.341 e. The quantitative estimate of drug-likeness (QED) is 0.223. The van der Waals surface area contributed by atoms with Crippen molar-refractivity contribution in [3.63, 3.8) is 0 Å². The fourth-order valence-corrected chi connectivity index (χ4v) is 4.23. The average Bonchev–Trinajstić information content (AvgIpc) is 3.24. The van der Waals surface area contributed by atoms with E-state index in [9.17, 15) is 9.59 Å². The zero-order valence-electron chi connectivity index (χ0n) is 16.8. The molecule has 2 aliphatic rings. The summed E-state index contributed by atoms with van der Waals surface area (Å²) in [5.74, 6) is -0.204. The van der Waals surface area contributed by atoms with Gasteiger partial charge in [0, 0.05) is 19.6 Å². The van der Waals surface area contributed by atoms with Gasteiger partial charge in [0.1, 0.15) is 6.04 Å². The molecule has 0 bridgehead atoms. The minimum Gasteiger partial charge on any atom is -0.341 e. The van der Waals surface area contributed by atoms with Crippen molar-refractivity contribution in [3.8, 4) is 6.19 Å². The number of hydrogen-bond acceptors (Lipinski definition) is 4. The number of anilines is 1. The first-order valence-corrected chi connectivity index (χ1v) is 11.2. The maximum absolute atomic E-state index is 13.1. The molecule has 2 aliphatic heterocycles. The minimum absolute atomic E-state index is 0.0356. The molecule has 2 amide bonds. The van der Waals surface area contributed by atoms with Gasteiger partial charge in [0.15, 0.2) is 6.19 Å². The topological polar surface area (TPSA) is 101 Å². The number of benzene rings is 1. The fourth-order valence-electron chi connectivity index (χ4n) is 3.65. The van der Waals surface area contributed by atoms with E-state index < -0.39 is 6.04 Å². The van der Waals surface area contributed by atoms with E-state index in [0.717, 1.165) is 38.8 Å². The molecule has 1 aromatic carbocycles. The highest BCUT2D eigenvalue weighted by Crippen LogP contribution is 2.35. The molecule has 1 unspecified atom stereocenters. The van der Waals surface area contributed by atoms with Crippen LogP contribution in [0.3, 0.4) is 0 Å². The molecule has 2 heterocycles. The number of nitriles is 1. The van der Waals surface area contributed by atoms with Crippen LogP contribution in [0.25, 0.3) is 0 Å². The molecule has 2 saturated heterocycles. The van der Waals surface area contributed by atoms with E-state index in [2.05, 4.69) is 15.6 Å². The third-order valence-electron chi connectivity index (χ3n) is 5.28. The molecule has 1 atom stereocenters. The molecule has 31 heavy (non-hydrogen) atoms. The maximum Gasteiger partial charge on any atom is 0.247 e. The predicted molar refractivity (Wildman–Crippen MR) is 121 cm³/mol. The SMILES string of the molecule is N#CNC(=NC1CCCCN(CC(=O)N2CCCC2)C1=O)Nc1ccc(Cl)c(Cl)c1Cl. The van der Waals surface area contributed by atoms with E-state index in [-0.39, 0.29) is 34.4 Å². The number of likely N-dealkylation sites (tertiary alicyclic amines) is 2. The van der Waals surface area contributed by atoms with Gasteiger partial charge >= 0.3 is 0 Å². The number of nitrogens with zero attached hydrogens (tertiary/aromatic N) is 4. The zero-order chi connectivity index (χ0) is 22.4. The van der Waals surface area contributed by atoms with Gasteiger partial charge in [-0.2, -0.15) is 5.26 Å². The molecule has 0 spiro atoms. The van der Waals surface area contributed by atoms with E-state index >= 15 is 0 Å². The standard InChI is InChI=1S/C20H23Cl3N6O2/c21-13-6-7-14(18(23)17(13)22)26-20(25-12-24)27-15-5-1-2-10-29(19(15)31)11-16(30)28-8-3-4-9-28/h6-7,15H,1-5,8-11H2,(H2,25,26,27). The summed E-state index contributed by atoms with van der Waals surface area (Å²) >= 11 is 18.3. The summed E-state index contributed by atoms with van der Waals surface area (Å²) in [5.41, 5.74) is 0.389. The van der Waals surface area contributed by atoms with Crippen molar-refractivity contribution in [3.05, 3.63) is 27.2 Å². The van der Waals surface area contributed by atoms with Crippen molar-refractivity contribution < 1.29 is 9.59 Å². The maximum atomic E-state index is 13.1. The predicted octanol–water partition coefficient (Wildman–Crippen LogP) is 3.49. The van der Waals surface area contributed by atoms with Crippen LogP contribution in [0.4, 0.5) is 5.69 Å². The second-order valence-electron chi connectivity index (χ2n) is 7.42. The van der Waals surface area contributed by atoms with Gasteiger partial charge in [0.2, 0.25) is 17.8 Å². The zero-order valence-corrected chi connectivity index (χ0v) is 19.1. The van der Waals surface area contributed by atoms with Crippen LogP contribution in [0.1, 0.15) is 32.1 Å². The number of amides is 2. The Hall–Kier alpha value is -2.21. The molecular weight excluding hydrogens is 463 g/mol. The molecule has 11 heteroatoms. The molecule has 3 rings (SSSR count). The Balaban J connectivity index is 1.77. The number of aliphatic imine (C=N–C) groups is 1. The van der Waals surface area contributed by atoms with E-state index in [1.807, 2.05) is 0 Å². The molecule has 1 aromatic rings. The van der Waals surface area contributed by atoms with Crippen molar-refractivity contribution in [2.75, 3.05) is 31.5 Å². The average molecular weight is 486 g/mol. The lowest BCUT2D eigenvalue weighted by Gasteiger charge is -2.25. The monoisotopic (exact) mass is 484 g/mol. The Bertz CT molecular complexity index is 911. The summed E-state index contributed by atoms with van der Waals surface area (Å²) in [4.78, 5) is 33.4. The molecular formula is C20H23Cl3N6O2. The van der Waals surface area contributed by atoms with Crippen LogP contribution in [0.15, 0.2) is 17.1 Å². The van der Waals surface area contributed by atoms with Crippen LogP contribution in [0.5, 0.6) is 0 Å². The molecule has 166 valence electrons. The molecule has 0 saturated carbocycles. The van der Waals surface area contributed by atoms with Crippen molar-refractivity contribution >= 4 is 58.3 Å². The summed E-state index contributed by atoms with van der Waals surface area (Å²) in [5, 5.41) is 15.1. The number of rotatable bonds is 4. The highest BCUT2D eigenvalue weighted by molar-refractivity contribution is 6.49. The lowest BCUT2D eigenvalue weighted by Crippen LogP contribution is -2.45. The third kappa shape index (κ3) is 5.94. The number of halogens is 3. The smallest absolute Gasteiger partial charge is 0.247 e. The van der Waals surface area contributed by atoms with Crippen LogP contribution in [-0.4, -0.2) is 59.8 Å². The first-order chi connectivity index (χ1) is 14.9. The van der Waals surface area contributed by atoms with Crippen LogP contribution < -0.4 is 10.6 Å². The van der Waals surface area contributed by atoms with E-state index in [1.165, 1.54) is 0 Å². The van der Waals surface area contributed by atoms with Gasteiger partial charge in [0.05, 0.1) is 27.3 Å². The fraction of sp³-hybridized carbons (Fsp3) is 0.500. The Morgan fingerprint density at radius 1 is 1.13 bits per heavy atom. The first-order valence-electron chi connectivity index (χ1n) is 10.1. The number of nitrogens with one attached hydrogen (secondary N) is 2. The van der Waals surface area contributed by atoms with Crippen LogP contribution in [0.2, 0.25) is 15.1 Å². The van der Waals surface area contributed by atoms with Crippen molar-refractivity contribution in [2.24, 2.45) is 4.99 Å². The molecule has 2 N–H and O–H groups in total. The van der Waals surface area contributed by atoms with Crippen LogP contribution in [0, 0.1) is 11.5 Å². The number of carbonyl (C=O) groups is 2. The molecule has 0 aliphatic carbocycles. The first kappa shape index (κ1) is 23.5. The molecule has 0 radical (unpaired) electrons. The van der Waals surface area contributed by atoms with E-state index in [1.54, 1.807) is 28.1 Å². The van der Waals surface area contributed by atoms with Crippen LogP contribution >= 0.6 is 34.8 Å². The third-order valence-corrected chi connectivity index (χ3v) is 6.58. The van der Waals surface area contributed by atoms with Gasteiger partial charge in [-0.3, -0.25) is 14.9 Å². The lowest BCUT2D eigenvalue weighted by molar-refractivity contribution is -0.140. The summed E-state index contributed by atoms with van der Waals surface area (Å²) in [6.45, 7) is 2.05. The Kier molecular flexibility index (Phi) is 8.24. The number of guanidine groups is 1. The van der Waals surface area contributed by atoms with Gasteiger partial charge in [-0.1, -0.05) is 34.8 Å². The van der Waals surface area contributed by atoms with Gasteiger partial charge in [-0.15, -0.1) is 0 Å². The van der Waals surface area contributed by atoms with Gasteiger partial charge in [-0.25, -0.2) is 4.99 Å². The molecule has 0 aromatic heterocycles. The summed E-state index contributed by atoms with van der Waals surface area (Å²) in [6.07, 6.45) is 5.88. The summed E-state index contributed by atoms with van der Waals surface area (Å²) in [7, 11) is 0. The Morgan fingerprint density at radius 3 is 2.55 bits per heavy atom. The Morgan fingerprint density at radius 2 is 1.84 bits per heavy atom. The van der Waals surface area contributed by atoms with Crippen molar-refractivity contribution in [1.29, 1.82) is 5.26 Å². The highest BCUT2D eigenvalue weighted by Gasteiger charge is 2.30. The van der Waals surface area contributed by atoms with Crippen LogP contribution in [-0.2, 0) is 9.59 Å². The van der Waals surface area contributed by atoms with E-state index in [0.29, 0.717) is 23.7 Å². The summed E-state index contributed by atoms with van der Waals surface area (Å²) in [6, 6.07) is 2.44. The Labute approximate surface area is 196 Å². The molecule has 8 nitrogen and oxygen atoms in total.